The molecule has 0 N–H and O–H groups in total. The summed E-state index contributed by atoms with van der Waals surface area (Å²) in [5, 5.41) is 8.49. The van der Waals surface area contributed by atoms with Gasteiger partial charge in [0.05, 0.1) is 5.69 Å². The average molecular weight is 345 g/mol. The topological polar surface area (TPSA) is 77.1 Å². The number of piperidine rings is 1. The highest BCUT2D eigenvalue weighted by atomic mass is 16.5. The Bertz CT molecular complexity index is 764. The van der Waals surface area contributed by atoms with Crippen molar-refractivity contribution in [2.75, 3.05) is 13.1 Å². The van der Waals surface area contributed by atoms with Crippen LogP contribution in [0.25, 0.3) is 0 Å². The van der Waals surface area contributed by atoms with Crippen LogP contribution in [-0.4, -0.2) is 43.8 Å². The zero-order valence-corrected chi connectivity index (χ0v) is 15.7. The van der Waals surface area contributed by atoms with Crippen LogP contribution in [0.15, 0.2) is 4.52 Å². The van der Waals surface area contributed by atoms with E-state index in [2.05, 4.69) is 22.2 Å². The molecule has 0 spiro atoms. The Labute approximate surface area is 148 Å². The third kappa shape index (κ3) is 3.60. The normalized spacial score (nSPS) is 19.2. The van der Waals surface area contributed by atoms with Crippen molar-refractivity contribution in [1.82, 2.24) is 24.8 Å². The number of carbonyl (C=O) groups excluding carboxylic acids is 1. The first-order valence-corrected chi connectivity index (χ1v) is 8.95. The minimum Gasteiger partial charge on any atom is -0.342 e. The predicted molar refractivity (Wildman–Crippen MR) is 93.1 cm³/mol. The van der Waals surface area contributed by atoms with E-state index in [1.165, 1.54) is 5.56 Å². The van der Waals surface area contributed by atoms with Gasteiger partial charge in [0.15, 0.2) is 5.82 Å². The molecule has 2 aromatic heterocycles. The van der Waals surface area contributed by atoms with Crippen LogP contribution in [0.2, 0.25) is 0 Å². The monoisotopic (exact) mass is 345 g/mol. The van der Waals surface area contributed by atoms with E-state index in [9.17, 15) is 4.79 Å². The number of likely N-dealkylation sites (tertiary alicyclic amines) is 1. The summed E-state index contributed by atoms with van der Waals surface area (Å²) in [4.78, 5) is 19.3. The molecule has 3 rings (SSSR count). The Morgan fingerprint density at radius 3 is 2.72 bits per heavy atom. The second-order valence-corrected chi connectivity index (χ2v) is 7.17. The third-order valence-electron chi connectivity index (χ3n) is 5.23. The number of carbonyl (C=O) groups is 1. The Morgan fingerprint density at radius 2 is 2.12 bits per heavy atom. The zero-order valence-electron chi connectivity index (χ0n) is 15.7. The van der Waals surface area contributed by atoms with Crippen LogP contribution in [0.1, 0.15) is 54.3 Å². The number of aromatic nitrogens is 4. The molecule has 0 unspecified atom stereocenters. The van der Waals surface area contributed by atoms with Crippen molar-refractivity contribution in [2.45, 2.75) is 52.9 Å². The van der Waals surface area contributed by atoms with Crippen molar-refractivity contribution in [3.05, 3.63) is 28.7 Å². The fourth-order valence-corrected chi connectivity index (χ4v) is 3.69. The highest BCUT2D eigenvalue weighted by Crippen LogP contribution is 2.27. The molecule has 1 aliphatic heterocycles. The van der Waals surface area contributed by atoms with Gasteiger partial charge in [0, 0.05) is 44.6 Å². The zero-order chi connectivity index (χ0) is 18.1. The summed E-state index contributed by atoms with van der Waals surface area (Å²) in [5.74, 6) is 1.61. The highest BCUT2D eigenvalue weighted by Gasteiger charge is 2.30. The van der Waals surface area contributed by atoms with Gasteiger partial charge in [-0.1, -0.05) is 12.1 Å². The van der Waals surface area contributed by atoms with Crippen molar-refractivity contribution in [2.24, 2.45) is 13.0 Å². The van der Waals surface area contributed by atoms with Crippen LogP contribution in [0.4, 0.5) is 0 Å². The molecule has 136 valence electrons. The van der Waals surface area contributed by atoms with E-state index in [0.29, 0.717) is 12.4 Å². The van der Waals surface area contributed by atoms with Crippen molar-refractivity contribution < 1.29 is 9.32 Å². The first kappa shape index (κ1) is 17.6. The van der Waals surface area contributed by atoms with Gasteiger partial charge in [-0.15, -0.1) is 0 Å². The number of rotatable bonds is 4. The van der Waals surface area contributed by atoms with Crippen LogP contribution in [-0.2, 0) is 18.3 Å². The largest absolute Gasteiger partial charge is 0.342 e. The molecule has 1 fully saturated rings. The molecule has 1 aliphatic rings. The number of hydrogen-bond acceptors (Lipinski definition) is 5. The van der Waals surface area contributed by atoms with Gasteiger partial charge in [-0.05, 0) is 38.7 Å². The molecular weight excluding hydrogens is 318 g/mol. The molecule has 0 radical (unpaired) electrons. The van der Waals surface area contributed by atoms with E-state index in [1.807, 2.05) is 30.5 Å². The second-order valence-electron chi connectivity index (χ2n) is 7.17. The lowest BCUT2D eigenvalue weighted by Crippen LogP contribution is -2.42. The van der Waals surface area contributed by atoms with E-state index >= 15 is 0 Å². The van der Waals surface area contributed by atoms with Crippen LogP contribution in [0, 0.1) is 26.7 Å². The fraction of sp³-hybridized carbons (Fsp3) is 0.667. The Balaban J connectivity index is 1.67. The second kappa shape index (κ2) is 6.98. The van der Waals surface area contributed by atoms with Crippen LogP contribution >= 0.6 is 0 Å². The maximum Gasteiger partial charge on any atom is 0.225 e. The molecule has 1 saturated heterocycles. The summed E-state index contributed by atoms with van der Waals surface area (Å²) < 4.78 is 6.98. The Morgan fingerprint density at radius 1 is 1.36 bits per heavy atom. The van der Waals surface area contributed by atoms with Crippen LogP contribution in [0.5, 0.6) is 0 Å². The SMILES string of the molecule is Cc1nc([C@@H]2CCCN(C(=O)[C@@H](C)Cc3c(C)nn(C)c3C)C2)no1. The molecule has 3 heterocycles. The molecule has 0 saturated carbocycles. The number of nitrogens with zero attached hydrogens (tertiary/aromatic N) is 5. The summed E-state index contributed by atoms with van der Waals surface area (Å²) in [6, 6.07) is 0. The Kier molecular flexibility index (Phi) is 4.92. The first-order chi connectivity index (χ1) is 11.9. The van der Waals surface area contributed by atoms with Crippen LogP contribution < -0.4 is 0 Å². The molecule has 0 aliphatic carbocycles. The van der Waals surface area contributed by atoms with Crippen molar-refractivity contribution >= 4 is 5.91 Å². The first-order valence-electron chi connectivity index (χ1n) is 8.95. The number of aryl methyl sites for hydroxylation is 3. The minimum atomic E-state index is -0.0626. The van der Waals surface area contributed by atoms with Gasteiger partial charge in [-0.25, -0.2) is 0 Å². The van der Waals surface area contributed by atoms with Gasteiger partial charge in [0.25, 0.3) is 0 Å². The van der Waals surface area contributed by atoms with Gasteiger partial charge < -0.3 is 9.42 Å². The smallest absolute Gasteiger partial charge is 0.225 e. The summed E-state index contributed by atoms with van der Waals surface area (Å²) in [5.41, 5.74) is 3.33. The fourth-order valence-electron chi connectivity index (χ4n) is 3.69. The lowest BCUT2D eigenvalue weighted by molar-refractivity contribution is -0.136. The van der Waals surface area contributed by atoms with Gasteiger partial charge >= 0.3 is 0 Å². The summed E-state index contributed by atoms with van der Waals surface area (Å²) in [6.45, 7) is 9.35. The van der Waals surface area contributed by atoms with Gasteiger partial charge in [0.1, 0.15) is 0 Å². The summed E-state index contributed by atoms with van der Waals surface area (Å²) in [7, 11) is 1.94. The van der Waals surface area contributed by atoms with Gasteiger partial charge in [-0.3, -0.25) is 9.48 Å². The van der Waals surface area contributed by atoms with E-state index in [1.54, 1.807) is 6.92 Å². The number of hydrogen-bond donors (Lipinski definition) is 0. The van der Waals surface area contributed by atoms with Crippen molar-refractivity contribution in [1.29, 1.82) is 0 Å². The highest BCUT2D eigenvalue weighted by molar-refractivity contribution is 5.79. The molecule has 0 aromatic carbocycles. The lowest BCUT2D eigenvalue weighted by Gasteiger charge is -2.33. The van der Waals surface area contributed by atoms with E-state index < -0.39 is 0 Å². The lowest BCUT2D eigenvalue weighted by atomic mass is 9.94. The predicted octanol–water partition coefficient (Wildman–Crippen LogP) is 2.31. The molecule has 2 aromatic rings. The van der Waals surface area contributed by atoms with Gasteiger partial charge in [0.2, 0.25) is 11.8 Å². The molecule has 7 nitrogen and oxygen atoms in total. The molecule has 7 heteroatoms. The van der Waals surface area contributed by atoms with Crippen molar-refractivity contribution in [3.63, 3.8) is 0 Å². The molecule has 1 amide bonds. The minimum absolute atomic E-state index is 0.0626. The standard InChI is InChI=1S/C18H27N5O2/c1-11(9-16-12(2)20-22(5)13(16)3)18(24)23-8-6-7-15(10-23)17-19-14(4)25-21-17/h11,15H,6-10H2,1-5H3/t11-,15+/m0/s1. The molecule has 0 bridgehead atoms. The Hall–Kier alpha value is -2.18. The number of amides is 1. The molecule has 25 heavy (non-hydrogen) atoms. The molecular formula is C18H27N5O2. The summed E-state index contributed by atoms with van der Waals surface area (Å²) >= 11 is 0. The van der Waals surface area contributed by atoms with E-state index in [-0.39, 0.29) is 17.7 Å². The average Bonchev–Trinajstić information content (AvgIpc) is 3.13. The van der Waals surface area contributed by atoms with E-state index in [4.69, 9.17) is 4.52 Å². The maximum atomic E-state index is 12.9. The molecule has 2 atom stereocenters. The van der Waals surface area contributed by atoms with E-state index in [0.717, 1.165) is 43.0 Å². The third-order valence-corrected chi connectivity index (χ3v) is 5.23. The van der Waals surface area contributed by atoms with Crippen molar-refractivity contribution in [3.8, 4) is 0 Å². The van der Waals surface area contributed by atoms with Crippen LogP contribution in [0.3, 0.4) is 0 Å². The quantitative estimate of drug-likeness (QED) is 0.850. The maximum absolute atomic E-state index is 12.9. The van der Waals surface area contributed by atoms with Gasteiger partial charge in [-0.2, -0.15) is 10.1 Å². The summed E-state index contributed by atoms with van der Waals surface area (Å²) in [6.07, 6.45) is 2.70.